The molecule has 5 rings (SSSR count). The number of hydrogen-bond acceptors (Lipinski definition) is 3. The number of hydrogen-bond donors (Lipinski definition) is 0. The quantitative estimate of drug-likeness (QED) is 0.523. The van der Waals surface area contributed by atoms with Crippen molar-refractivity contribution in [2.45, 2.75) is 25.4 Å². The van der Waals surface area contributed by atoms with E-state index in [1.165, 1.54) is 19.3 Å². The van der Waals surface area contributed by atoms with Crippen LogP contribution in [0.5, 0.6) is 0 Å². The molecule has 0 aromatic heterocycles. The number of fused-ring (bicyclic) bond motifs is 12. The second-order valence-corrected chi connectivity index (χ2v) is 7.21. The van der Waals surface area contributed by atoms with Crippen molar-refractivity contribution in [2.75, 3.05) is 13.7 Å². The van der Waals surface area contributed by atoms with Gasteiger partial charge in [0.25, 0.3) is 0 Å². The summed E-state index contributed by atoms with van der Waals surface area (Å²) in [4.78, 5) is 11.9. The fraction of sp³-hybridized carbons (Fsp3) is 0.933. The van der Waals surface area contributed by atoms with Gasteiger partial charge in [0, 0.05) is 13.0 Å². The van der Waals surface area contributed by atoms with Crippen LogP contribution in [0, 0.1) is 47.3 Å². The first-order valence-electron chi connectivity index (χ1n) is 7.49. The van der Waals surface area contributed by atoms with E-state index in [0.717, 1.165) is 29.6 Å². The number of esters is 1. The zero-order valence-electron chi connectivity index (χ0n) is 10.7. The maximum atomic E-state index is 11.9. The third-order valence-electron chi connectivity index (χ3n) is 7.07. The number of carbonyl (C=O) groups is 1. The summed E-state index contributed by atoms with van der Waals surface area (Å²) in [6.07, 6.45) is 4.43. The summed E-state index contributed by atoms with van der Waals surface area (Å²) in [6, 6.07) is 0. The van der Waals surface area contributed by atoms with Crippen LogP contribution < -0.4 is 0 Å². The molecule has 0 radical (unpaired) electrons. The van der Waals surface area contributed by atoms with Crippen LogP contribution in [-0.4, -0.2) is 25.8 Å². The Kier molecular flexibility index (Phi) is 1.77. The van der Waals surface area contributed by atoms with Gasteiger partial charge in [0.1, 0.15) is 0 Å². The van der Waals surface area contributed by atoms with Gasteiger partial charge in [-0.15, -0.1) is 0 Å². The number of carbonyl (C=O) groups excluding carboxylic acids is 1. The second kappa shape index (κ2) is 3.12. The summed E-state index contributed by atoms with van der Waals surface area (Å²) in [6.45, 7) is 0.711. The standard InChI is InChI=1S/C15H20O3/c1-17-11-3-6-2-8(11)13-7-4-9(12(6)13)14-10(7)5-18-15(14)16/h6-14H,2-5H2,1H3. The van der Waals surface area contributed by atoms with E-state index in [2.05, 4.69) is 0 Å². The lowest BCUT2D eigenvalue weighted by molar-refractivity contribution is -0.143. The summed E-state index contributed by atoms with van der Waals surface area (Å²) in [5, 5.41) is 0. The lowest BCUT2D eigenvalue weighted by atomic mass is 9.63. The number of methoxy groups -OCH3 is 1. The monoisotopic (exact) mass is 248 g/mol. The Bertz CT molecular complexity index is 420. The molecule has 9 unspecified atom stereocenters. The lowest BCUT2D eigenvalue weighted by Gasteiger charge is -2.41. The average molecular weight is 248 g/mol. The molecular weight excluding hydrogens is 228 g/mol. The molecule has 18 heavy (non-hydrogen) atoms. The van der Waals surface area contributed by atoms with Gasteiger partial charge < -0.3 is 9.47 Å². The van der Waals surface area contributed by atoms with Gasteiger partial charge in [0.05, 0.1) is 18.6 Å². The molecule has 98 valence electrons. The van der Waals surface area contributed by atoms with Gasteiger partial charge in [-0.05, 0) is 54.8 Å². The van der Waals surface area contributed by atoms with Gasteiger partial charge >= 0.3 is 5.97 Å². The van der Waals surface area contributed by atoms with E-state index in [9.17, 15) is 4.79 Å². The maximum Gasteiger partial charge on any atom is 0.309 e. The van der Waals surface area contributed by atoms with Crippen LogP contribution >= 0.6 is 0 Å². The van der Waals surface area contributed by atoms with E-state index < -0.39 is 0 Å². The van der Waals surface area contributed by atoms with Crippen LogP contribution in [0.2, 0.25) is 0 Å². The molecule has 0 amide bonds. The van der Waals surface area contributed by atoms with Gasteiger partial charge in [-0.1, -0.05) is 0 Å². The molecule has 9 atom stereocenters. The number of cyclic esters (lactones) is 1. The Morgan fingerprint density at radius 2 is 1.94 bits per heavy atom. The van der Waals surface area contributed by atoms with Gasteiger partial charge in [-0.2, -0.15) is 0 Å². The molecule has 0 spiro atoms. The Hall–Kier alpha value is -0.570. The van der Waals surface area contributed by atoms with Crippen LogP contribution in [0.15, 0.2) is 0 Å². The van der Waals surface area contributed by atoms with Crippen molar-refractivity contribution >= 4 is 5.97 Å². The smallest absolute Gasteiger partial charge is 0.309 e. The van der Waals surface area contributed by atoms with Crippen molar-refractivity contribution in [3.63, 3.8) is 0 Å². The number of rotatable bonds is 1. The normalized spacial score (nSPS) is 63.2. The van der Waals surface area contributed by atoms with Crippen LogP contribution in [0.25, 0.3) is 0 Å². The summed E-state index contributed by atoms with van der Waals surface area (Å²) in [5.74, 6) is 5.70. The van der Waals surface area contributed by atoms with Crippen molar-refractivity contribution < 1.29 is 14.3 Å². The highest BCUT2D eigenvalue weighted by Crippen LogP contribution is 2.71. The fourth-order valence-electron chi connectivity index (χ4n) is 6.81. The lowest BCUT2D eigenvalue weighted by Crippen LogP contribution is -2.42. The van der Waals surface area contributed by atoms with Gasteiger partial charge in [-0.3, -0.25) is 4.79 Å². The molecule has 1 heterocycles. The highest BCUT2D eigenvalue weighted by Gasteiger charge is 2.70. The van der Waals surface area contributed by atoms with E-state index in [0.29, 0.717) is 24.5 Å². The Labute approximate surface area is 107 Å². The summed E-state index contributed by atoms with van der Waals surface area (Å²) >= 11 is 0. The third kappa shape index (κ3) is 0.941. The second-order valence-electron chi connectivity index (χ2n) is 7.21. The molecular formula is C15H20O3. The molecule has 3 heteroatoms. The molecule has 5 fully saturated rings. The maximum absolute atomic E-state index is 11.9. The van der Waals surface area contributed by atoms with Crippen LogP contribution in [-0.2, 0) is 14.3 Å². The SMILES string of the molecule is COC1CC2CC1C1C3CC(C4C(=O)OCC34)C21. The van der Waals surface area contributed by atoms with E-state index in [1.807, 2.05) is 7.11 Å². The summed E-state index contributed by atoms with van der Waals surface area (Å²) in [7, 11) is 1.87. The highest BCUT2D eigenvalue weighted by atomic mass is 16.5. The first kappa shape index (κ1) is 10.2. The van der Waals surface area contributed by atoms with Crippen molar-refractivity contribution in [1.29, 1.82) is 0 Å². The zero-order valence-corrected chi connectivity index (χ0v) is 10.7. The van der Waals surface area contributed by atoms with Gasteiger partial charge in [-0.25, -0.2) is 0 Å². The first-order chi connectivity index (χ1) is 8.79. The topological polar surface area (TPSA) is 35.5 Å². The molecule has 4 bridgehead atoms. The molecule has 4 saturated carbocycles. The van der Waals surface area contributed by atoms with Crippen molar-refractivity contribution in [2.24, 2.45) is 47.3 Å². The van der Waals surface area contributed by atoms with Crippen LogP contribution in [0.1, 0.15) is 19.3 Å². The predicted octanol–water partition coefficient (Wildman–Crippen LogP) is 1.71. The average Bonchev–Trinajstić information content (AvgIpc) is 3.11. The molecule has 5 aliphatic rings. The fourth-order valence-corrected chi connectivity index (χ4v) is 6.81. The molecule has 1 aliphatic heterocycles. The first-order valence-corrected chi connectivity index (χ1v) is 7.49. The molecule has 0 N–H and O–H groups in total. The van der Waals surface area contributed by atoms with E-state index in [-0.39, 0.29) is 11.9 Å². The molecule has 0 aromatic carbocycles. The molecule has 4 aliphatic carbocycles. The highest BCUT2D eigenvalue weighted by molar-refractivity contribution is 5.76. The van der Waals surface area contributed by atoms with Crippen LogP contribution in [0.3, 0.4) is 0 Å². The predicted molar refractivity (Wildman–Crippen MR) is 63.5 cm³/mol. The van der Waals surface area contributed by atoms with Crippen LogP contribution in [0.4, 0.5) is 0 Å². The van der Waals surface area contributed by atoms with Gasteiger partial charge in [0.15, 0.2) is 0 Å². The Morgan fingerprint density at radius 1 is 1.06 bits per heavy atom. The number of ether oxygens (including phenoxy) is 2. The van der Waals surface area contributed by atoms with E-state index in [1.54, 1.807) is 0 Å². The molecule has 0 aromatic rings. The Morgan fingerprint density at radius 3 is 2.78 bits per heavy atom. The van der Waals surface area contributed by atoms with E-state index in [4.69, 9.17) is 9.47 Å². The Balaban J connectivity index is 1.53. The zero-order chi connectivity index (χ0) is 12.0. The summed E-state index contributed by atoms with van der Waals surface area (Å²) in [5.41, 5.74) is 0. The van der Waals surface area contributed by atoms with Crippen molar-refractivity contribution in [3.8, 4) is 0 Å². The minimum atomic E-state index is 0.122. The minimum Gasteiger partial charge on any atom is -0.465 e. The van der Waals surface area contributed by atoms with Crippen molar-refractivity contribution in [3.05, 3.63) is 0 Å². The molecule has 1 saturated heterocycles. The molecule has 3 nitrogen and oxygen atoms in total. The van der Waals surface area contributed by atoms with Gasteiger partial charge in [0.2, 0.25) is 0 Å². The minimum absolute atomic E-state index is 0.122. The summed E-state index contributed by atoms with van der Waals surface area (Å²) < 4.78 is 11.0. The van der Waals surface area contributed by atoms with Crippen molar-refractivity contribution in [1.82, 2.24) is 0 Å². The third-order valence-corrected chi connectivity index (χ3v) is 7.07. The van der Waals surface area contributed by atoms with E-state index >= 15 is 0 Å². The largest absolute Gasteiger partial charge is 0.465 e.